The molecule has 0 aliphatic heterocycles. The number of hydrogen-bond acceptors (Lipinski definition) is 6. The molecule has 0 radical (unpaired) electrons. The van der Waals surface area contributed by atoms with Crippen LogP contribution < -0.4 is 5.32 Å². The van der Waals surface area contributed by atoms with Crippen LogP contribution in [0.25, 0.3) is 0 Å². The highest BCUT2D eigenvalue weighted by atomic mass is 32.2. The van der Waals surface area contributed by atoms with Crippen LogP contribution in [0.1, 0.15) is 92.6 Å². The smallest absolute Gasteiger partial charge is 0.261 e. The maximum absolute atomic E-state index is 12.8. The quantitative estimate of drug-likeness (QED) is 0.530. The Morgan fingerprint density at radius 3 is 2.42 bits per heavy atom. The zero-order valence-electron chi connectivity index (χ0n) is 19.2. The minimum Gasteiger partial charge on any atom is -0.388 e. The average molecular weight is 488 g/mol. The zero-order valence-corrected chi connectivity index (χ0v) is 21.6. The van der Waals surface area contributed by atoms with Gasteiger partial charge in [0.15, 0.2) is 9.84 Å². The Morgan fingerprint density at radius 1 is 1.16 bits per heavy atom. The first kappa shape index (κ1) is 25.1. The predicted octanol–water partition coefficient (Wildman–Crippen LogP) is 4.98. The molecule has 1 saturated carbocycles. The molecule has 1 aromatic rings. The molecule has 1 unspecified atom stereocenters. The van der Waals surface area contributed by atoms with Crippen molar-refractivity contribution < 1.29 is 18.3 Å². The molecule has 2 aliphatic rings. The number of carbonyl (C=O) groups is 1. The van der Waals surface area contributed by atoms with Gasteiger partial charge in [-0.2, -0.15) is 0 Å². The third-order valence-corrected chi connectivity index (χ3v) is 12.0. The number of sulfone groups is 1. The maximum atomic E-state index is 12.8. The average Bonchev–Trinajstić information content (AvgIpc) is 3.08. The van der Waals surface area contributed by atoms with Crippen molar-refractivity contribution in [2.24, 2.45) is 11.8 Å². The van der Waals surface area contributed by atoms with Crippen LogP contribution in [0.4, 0.5) is 0 Å². The van der Waals surface area contributed by atoms with Crippen LogP contribution in [0.2, 0.25) is 0 Å². The monoisotopic (exact) mass is 487 g/mol. The second kappa shape index (κ2) is 10.1. The van der Waals surface area contributed by atoms with Crippen LogP contribution in [0.15, 0.2) is 4.21 Å². The van der Waals surface area contributed by atoms with Gasteiger partial charge in [0.25, 0.3) is 5.91 Å². The summed E-state index contributed by atoms with van der Waals surface area (Å²) in [7, 11) is -3.06. The summed E-state index contributed by atoms with van der Waals surface area (Å²) in [5.41, 5.74) is 2.03. The Morgan fingerprint density at radius 2 is 1.81 bits per heavy atom. The van der Waals surface area contributed by atoms with Crippen LogP contribution in [0.3, 0.4) is 0 Å². The molecule has 0 saturated heterocycles. The molecule has 3 rings (SSSR count). The molecule has 1 heterocycles. The van der Waals surface area contributed by atoms with E-state index >= 15 is 0 Å². The summed E-state index contributed by atoms with van der Waals surface area (Å²) in [6.45, 7) is 6.00. The molecule has 0 bridgehead atoms. The van der Waals surface area contributed by atoms with Crippen LogP contribution in [0.5, 0.6) is 0 Å². The van der Waals surface area contributed by atoms with Gasteiger partial charge in [-0.1, -0.05) is 12.8 Å². The Labute approximate surface area is 195 Å². The molecule has 2 aliphatic carbocycles. The number of aliphatic hydroxyl groups is 1. The van der Waals surface area contributed by atoms with Gasteiger partial charge in [-0.25, -0.2) is 8.42 Å². The van der Waals surface area contributed by atoms with E-state index in [1.165, 1.54) is 11.3 Å². The predicted molar refractivity (Wildman–Crippen MR) is 130 cm³/mol. The summed E-state index contributed by atoms with van der Waals surface area (Å²) in [5, 5.41) is 13.5. The fourth-order valence-electron chi connectivity index (χ4n) is 4.71. The Kier molecular flexibility index (Phi) is 8.20. The van der Waals surface area contributed by atoms with Gasteiger partial charge in [-0.3, -0.25) is 4.79 Å². The molecule has 1 atom stereocenters. The molecular formula is C23H37NO4S3. The Hall–Kier alpha value is -0.570. The summed E-state index contributed by atoms with van der Waals surface area (Å²) in [4.78, 5) is 13.6. The first-order chi connectivity index (χ1) is 14.5. The van der Waals surface area contributed by atoms with E-state index in [1.807, 2.05) is 6.26 Å². The SMILES string of the molecule is CSc1sc(C(=O)NCCC2CCC(CS(=O)(=O)C(C)(C)C)CC2)c2c1C(O)CCC2. The lowest BCUT2D eigenvalue weighted by Gasteiger charge is -2.30. The summed E-state index contributed by atoms with van der Waals surface area (Å²) >= 11 is 3.13. The first-order valence-electron chi connectivity index (χ1n) is 11.4. The van der Waals surface area contributed by atoms with Gasteiger partial charge in [0.1, 0.15) is 0 Å². The summed E-state index contributed by atoms with van der Waals surface area (Å²) < 4.78 is 25.3. The summed E-state index contributed by atoms with van der Waals surface area (Å²) in [6, 6.07) is 0. The molecule has 8 heteroatoms. The van der Waals surface area contributed by atoms with E-state index in [-0.39, 0.29) is 11.8 Å². The minimum atomic E-state index is -3.06. The van der Waals surface area contributed by atoms with E-state index < -0.39 is 20.7 Å². The van der Waals surface area contributed by atoms with Crippen LogP contribution in [0, 0.1) is 11.8 Å². The van der Waals surface area contributed by atoms with Gasteiger partial charge in [0.05, 0.1) is 25.7 Å². The van der Waals surface area contributed by atoms with E-state index in [1.54, 1.807) is 32.5 Å². The number of amides is 1. The summed E-state index contributed by atoms with van der Waals surface area (Å²) in [6.07, 6.45) is 9.06. The van der Waals surface area contributed by atoms with Crippen molar-refractivity contribution in [3.8, 4) is 0 Å². The van der Waals surface area contributed by atoms with Gasteiger partial charge < -0.3 is 10.4 Å². The third kappa shape index (κ3) is 5.87. The number of aliphatic hydroxyl groups excluding tert-OH is 1. The minimum absolute atomic E-state index is 0.0133. The van der Waals surface area contributed by atoms with Crippen LogP contribution in [-0.2, 0) is 16.3 Å². The van der Waals surface area contributed by atoms with Crippen LogP contribution >= 0.6 is 23.1 Å². The fraction of sp³-hybridized carbons (Fsp3) is 0.783. The topological polar surface area (TPSA) is 83.5 Å². The Bertz CT molecular complexity index is 877. The van der Waals surface area contributed by atoms with E-state index in [0.29, 0.717) is 18.2 Å². The Balaban J connectivity index is 1.47. The van der Waals surface area contributed by atoms with Gasteiger partial charge in [0.2, 0.25) is 0 Å². The highest BCUT2D eigenvalue weighted by Crippen LogP contribution is 2.43. The number of rotatable bonds is 7. The fourth-order valence-corrected chi connectivity index (χ4v) is 8.28. The highest BCUT2D eigenvalue weighted by molar-refractivity contribution is 8.00. The van der Waals surface area contributed by atoms with Crippen molar-refractivity contribution in [2.45, 2.75) is 87.2 Å². The normalized spacial score (nSPS) is 24.6. The van der Waals surface area contributed by atoms with Gasteiger partial charge in [-0.15, -0.1) is 23.1 Å². The molecule has 1 amide bonds. The molecule has 0 spiro atoms. The van der Waals surface area contributed by atoms with Crippen molar-refractivity contribution in [3.63, 3.8) is 0 Å². The van der Waals surface area contributed by atoms with E-state index in [2.05, 4.69) is 5.32 Å². The lowest BCUT2D eigenvalue weighted by atomic mass is 9.81. The molecule has 1 fully saturated rings. The molecule has 0 aromatic carbocycles. The lowest BCUT2D eigenvalue weighted by molar-refractivity contribution is 0.0952. The number of carbonyl (C=O) groups excluding carboxylic acids is 1. The molecule has 1 aromatic heterocycles. The van der Waals surface area contributed by atoms with Crippen molar-refractivity contribution in [2.75, 3.05) is 18.6 Å². The second-order valence-electron chi connectivity index (χ2n) is 10.0. The van der Waals surface area contributed by atoms with Gasteiger partial charge >= 0.3 is 0 Å². The molecule has 5 nitrogen and oxygen atoms in total. The third-order valence-electron chi connectivity index (χ3n) is 6.84. The van der Waals surface area contributed by atoms with E-state index in [4.69, 9.17) is 0 Å². The first-order valence-corrected chi connectivity index (χ1v) is 15.1. The van der Waals surface area contributed by atoms with Gasteiger partial charge in [0, 0.05) is 12.1 Å². The molecule has 2 N–H and O–H groups in total. The second-order valence-corrected chi connectivity index (χ2v) is 14.9. The van der Waals surface area contributed by atoms with E-state index in [0.717, 1.165) is 71.6 Å². The van der Waals surface area contributed by atoms with Crippen molar-refractivity contribution in [1.29, 1.82) is 0 Å². The lowest BCUT2D eigenvalue weighted by Crippen LogP contribution is -2.34. The number of nitrogens with one attached hydrogen (secondary N) is 1. The molecule has 176 valence electrons. The maximum Gasteiger partial charge on any atom is 0.261 e. The molecular weight excluding hydrogens is 450 g/mol. The number of thioether (sulfide) groups is 1. The standard InChI is InChI=1S/C23H37NO4S3/c1-23(2,3)31(27,28)14-16-10-8-15(9-11-16)12-13-24-21(26)20-17-6-5-7-18(25)19(17)22(29-4)30-20/h15-16,18,25H,5-14H2,1-4H3,(H,24,26). The van der Waals surface area contributed by atoms with Gasteiger partial charge in [-0.05, 0) is 83.0 Å². The number of fused-ring (bicyclic) bond motifs is 1. The van der Waals surface area contributed by atoms with Crippen molar-refractivity contribution >= 4 is 38.8 Å². The molecule has 31 heavy (non-hydrogen) atoms. The number of hydrogen-bond donors (Lipinski definition) is 2. The number of thiophene rings is 1. The summed E-state index contributed by atoms with van der Waals surface area (Å²) in [5.74, 6) is 1.10. The van der Waals surface area contributed by atoms with Crippen molar-refractivity contribution in [1.82, 2.24) is 5.32 Å². The highest BCUT2D eigenvalue weighted by Gasteiger charge is 2.33. The van der Waals surface area contributed by atoms with E-state index in [9.17, 15) is 18.3 Å². The van der Waals surface area contributed by atoms with Crippen molar-refractivity contribution in [3.05, 3.63) is 16.0 Å². The van der Waals surface area contributed by atoms with Crippen LogP contribution in [-0.4, -0.2) is 42.7 Å². The zero-order chi connectivity index (χ0) is 22.8. The largest absolute Gasteiger partial charge is 0.388 e.